The summed E-state index contributed by atoms with van der Waals surface area (Å²) < 4.78 is 15.0. The lowest BCUT2D eigenvalue weighted by molar-refractivity contribution is -0.270. The van der Waals surface area contributed by atoms with Crippen LogP contribution < -0.4 is 10.4 Å². The van der Waals surface area contributed by atoms with Crippen LogP contribution in [0.4, 0.5) is 0 Å². The molecule has 3 atom stereocenters. The third-order valence-electron chi connectivity index (χ3n) is 6.83. The van der Waals surface area contributed by atoms with Gasteiger partial charge in [0.1, 0.15) is 24.0 Å². The molecule has 0 unspecified atom stereocenters. The van der Waals surface area contributed by atoms with E-state index in [0.717, 1.165) is 16.7 Å². The van der Waals surface area contributed by atoms with Crippen molar-refractivity contribution in [1.29, 1.82) is 0 Å². The SMILES string of the molecule is Cc1cn2c(nc1=O)OO[C@@H]1C[C@H]2O[C@@H]1COC(c1ccccc1)(c1ccccc1)c1ccccc1. The molecule has 2 aliphatic heterocycles. The van der Waals surface area contributed by atoms with Crippen LogP contribution in [-0.4, -0.2) is 28.4 Å². The van der Waals surface area contributed by atoms with E-state index in [4.69, 9.17) is 19.2 Å². The summed E-state index contributed by atoms with van der Waals surface area (Å²) >= 11 is 0. The summed E-state index contributed by atoms with van der Waals surface area (Å²) in [5, 5.41) is 0. The minimum atomic E-state index is -0.860. The van der Waals surface area contributed by atoms with E-state index in [1.54, 1.807) is 17.7 Å². The lowest BCUT2D eigenvalue weighted by Crippen LogP contribution is -2.39. The molecule has 182 valence electrons. The maximum absolute atomic E-state index is 12.0. The Balaban J connectivity index is 1.36. The molecule has 2 aliphatic rings. The fraction of sp³-hybridized carbons (Fsp3) is 0.241. The molecule has 0 radical (unpaired) electrons. The van der Waals surface area contributed by atoms with Crippen molar-refractivity contribution in [2.75, 3.05) is 6.61 Å². The minimum Gasteiger partial charge on any atom is -0.358 e. The molecule has 0 spiro atoms. The normalized spacial score (nSPS) is 20.9. The number of benzene rings is 3. The molecular formula is C29H26N2O5. The summed E-state index contributed by atoms with van der Waals surface area (Å²) in [6.07, 6.45) is 1.12. The van der Waals surface area contributed by atoms with Gasteiger partial charge in [-0.05, 0) is 23.6 Å². The van der Waals surface area contributed by atoms with Crippen molar-refractivity contribution in [3.05, 3.63) is 130 Å². The molecule has 7 heteroatoms. The largest absolute Gasteiger partial charge is 0.358 e. The molecule has 6 rings (SSSR count). The Hall–Kier alpha value is -3.78. The smallest absolute Gasteiger partial charge is 0.339 e. The first-order valence-corrected chi connectivity index (χ1v) is 12.0. The number of hydrogen-bond donors (Lipinski definition) is 0. The van der Waals surface area contributed by atoms with Gasteiger partial charge in [0.15, 0.2) is 0 Å². The van der Waals surface area contributed by atoms with Gasteiger partial charge in [0.25, 0.3) is 5.56 Å². The van der Waals surface area contributed by atoms with E-state index >= 15 is 0 Å². The Morgan fingerprint density at radius 1 is 0.917 bits per heavy atom. The molecular weight excluding hydrogens is 456 g/mol. The minimum absolute atomic E-state index is 0.102. The number of aromatic nitrogens is 2. The molecule has 1 fully saturated rings. The average molecular weight is 483 g/mol. The first-order valence-electron chi connectivity index (χ1n) is 12.0. The second-order valence-corrected chi connectivity index (χ2v) is 9.09. The zero-order chi connectivity index (χ0) is 24.5. The summed E-state index contributed by atoms with van der Waals surface area (Å²) in [5.41, 5.74) is 2.35. The van der Waals surface area contributed by atoms with Gasteiger partial charge in [-0.2, -0.15) is 9.87 Å². The van der Waals surface area contributed by atoms with Crippen LogP contribution >= 0.6 is 0 Å². The summed E-state index contributed by atoms with van der Waals surface area (Å²) in [6.45, 7) is 1.97. The van der Waals surface area contributed by atoms with Crippen LogP contribution in [0, 0.1) is 6.92 Å². The molecule has 36 heavy (non-hydrogen) atoms. The van der Waals surface area contributed by atoms with Crippen LogP contribution in [0.25, 0.3) is 0 Å². The number of rotatable bonds is 6. The highest BCUT2D eigenvalue weighted by molar-refractivity contribution is 5.47. The first-order chi connectivity index (χ1) is 17.6. The van der Waals surface area contributed by atoms with Gasteiger partial charge >= 0.3 is 6.01 Å². The molecule has 4 aromatic rings. The highest BCUT2D eigenvalue weighted by Gasteiger charge is 2.45. The van der Waals surface area contributed by atoms with Crippen molar-refractivity contribution in [1.82, 2.24) is 9.55 Å². The van der Waals surface area contributed by atoms with E-state index in [1.807, 2.05) is 54.6 Å². The van der Waals surface area contributed by atoms with Crippen LogP contribution in [0.1, 0.15) is 34.9 Å². The van der Waals surface area contributed by atoms with Crippen LogP contribution in [0.3, 0.4) is 0 Å². The number of fused-ring (bicyclic) bond motifs is 4. The fourth-order valence-corrected chi connectivity index (χ4v) is 5.02. The molecule has 1 aromatic heterocycles. The van der Waals surface area contributed by atoms with Crippen molar-refractivity contribution < 1.29 is 19.2 Å². The van der Waals surface area contributed by atoms with Gasteiger partial charge in [-0.3, -0.25) is 14.2 Å². The van der Waals surface area contributed by atoms with Gasteiger partial charge in [0.05, 0.1) is 6.61 Å². The molecule has 0 saturated carbocycles. The summed E-state index contributed by atoms with van der Waals surface area (Å²) in [4.78, 5) is 27.1. The fourth-order valence-electron chi connectivity index (χ4n) is 5.02. The van der Waals surface area contributed by atoms with Gasteiger partial charge < -0.3 is 9.47 Å². The van der Waals surface area contributed by atoms with E-state index in [2.05, 4.69) is 41.4 Å². The van der Waals surface area contributed by atoms with Gasteiger partial charge in [-0.1, -0.05) is 91.0 Å². The zero-order valence-electron chi connectivity index (χ0n) is 19.8. The van der Waals surface area contributed by atoms with E-state index < -0.39 is 11.7 Å². The third kappa shape index (κ3) is 3.91. The second kappa shape index (κ2) is 9.35. The lowest BCUT2D eigenvalue weighted by atomic mass is 9.80. The van der Waals surface area contributed by atoms with E-state index in [-0.39, 0.29) is 30.5 Å². The quantitative estimate of drug-likeness (QED) is 0.297. The van der Waals surface area contributed by atoms with Crippen LogP contribution in [0.5, 0.6) is 6.01 Å². The average Bonchev–Trinajstić information content (AvgIpc) is 3.25. The number of aryl methyl sites for hydroxylation is 1. The van der Waals surface area contributed by atoms with Crippen molar-refractivity contribution in [2.24, 2.45) is 0 Å². The van der Waals surface area contributed by atoms with E-state index in [9.17, 15) is 4.79 Å². The Morgan fingerprint density at radius 2 is 1.47 bits per heavy atom. The standard InChI is InChI=1S/C29H26N2O5/c1-20-18-31-26-17-24(35-36-28(31)30-27(20)32)25(34-26)19-33-29(21-11-5-2-6-12-21,22-13-7-3-8-14-22)23-15-9-4-10-16-23/h2-16,18,24-26H,17,19H2,1H3/t24-,25-,26-/m1/s1. The van der Waals surface area contributed by atoms with Gasteiger partial charge in [-0.15, -0.1) is 0 Å². The zero-order valence-corrected chi connectivity index (χ0v) is 19.8. The number of ether oxygens (including phenoxy) is 2. The lowest BCUT2D eigenvalue weighted by Gasteiger charge is -2.37. The summed E-state index contributed by atoms with van der Waals surface area (Å²) in [6, 6.07) is 30.7. The van der Waals surface area contributed by atoms with Crippen molar-refractivity contribution in [3.63, 3.8) is 0 Å². The monoisotopic (exact) mass is 482 g/mol. The highest BCUT2D eigenvalue weighted by atomic mass is 17.2. The third-order valence-corrected chi connectivity index (χ3v) is 6.83. The molecule has 3 heterocycles. The Kier molecular flexibility index (Phi) is 5.89. The van der Waals surface area contributed by atoms with E-state index in [0.29, 0.717) is 12.0 Å². The maximum atomic E-state index is 12.0. The first kappa shape index (κ1) is 22.7. The summed E-state index contributed by atoms with van der Waals surface area (Å²) in [5.74, 6) is 0. The van der Waals surface area contributed by atoms with E-state index in [1.165, 1.54) is 0 Å². The molecule has 0 amide bonds. The molecule has 0 N–H and O–H groups in total. The summed E-state index contributed by atoms with van der Waals surface area (Å²) in [7, 11) is 0. The maximum Gasteiger partial charge on any atom is 0.339 e. The number of nitrogens with zero attached hydrogens (tertiary/aromatic N) is 2. The van der Waals surface area contributed by atoms with Crippen molar-refractivity contribution in [2.45, 2.75) is 37.4 Å². The molecule has 0 aliphatic carbocycles. The second-order valence-electron chi connectivity index (χ2n) is 9.09. The van der Waals surface area contributed by atoms with Crippen LogP contribution in [0.2, 0.25) is 0 Å². The molecule has 2 bridgehead atoms. The van der Waals surface area contributed by atoms with Crippen LogP contribution in [-0.2, 0) is 20.0 Å². The molecule has 3 aromatic carbocycles. The van der Waals surface area contributed by atoms with Crippen molar-refractivity contribution >= 4 is 0 Å². The van der Waals surface area contributed by atoms with Crippen LogP contribution in [0.15, 0.2) is 102 Å². The Bertz CT molecular complexity index is 1300. The predicted molar refractivity (Wildman–Crippen MR) is 132 cm³/mol. The van der Waals surface area contributed by atoms with Gasteiger partial charge in [-0.25, -0.2) is 0 Å². The van der Waals surface area contributed by atoms with Gasteiger partial charge in [0, 0.05) is 18.2 Å². The molecule has 1 saturated heterocycles. The highest BCUT2D eigenvalue weighted by Crippen LogP contribution is 2.42. The predicted octanol–water partition coefficient (Wildman–Crippen LogP) is 4.54. The van der Waals surface area contributed by atoms with Crippen molar-refractivity contribution in [3.8, 4) is 6.01 Å². The van der Waals surface area contributed by atoms with Gasteiger partial charge in [0.2, 0.25) is 0 Å². The number of hydrogen-bond acceptors (Lipinski definition) is 6. The molecule has 7 nitrogen and oxygen atoms in total. The Labute approximate surface area is 208 Å². The Morgan fingerprint density at radius 3 is 2.03 bits per heavy atom. The topological polar surface area (TPSA) is 71.8 Å².